The molecule has 0 aliphatic heterocycles. The third kappa shape index (κ3) is 4.56. The molecular weight excluding hydrogens is 288 g/mol. The minimum Gasteiger partial charge on any atom is -0.461 e. The SMILES string of the molecule is CCc1ccccc1CNc1nc(Cl)nc(OC(C)C)n1. The number of nitrogens with one attached hydrogen (secondary N) is 1. The third-order valence-corrected chi connectivity index (χ3v) is 3.03. The van der Waals surface area contributed by atoms with Crippen LogP contribution < -0.4 is 10.1 Å². The van der Waals surface area contributed by atoms with Crippen LogP contribution in [0.2, 0.25) is 5.28 Å². The molecule has 1 N–H and O–H groups in total. The summed E-state index contributed by atoms with van der Waals surface area (Å²) in [5.74, 6) is 0.413. The van der Waals surface area contributed by atoms with Crippen molar-refractivity contribution in [1.82, 2.24) is 15.0 Å². The molecule has 0 atom stereocenters. The van der Waals surface area contributed by atoms with Gasteiger partial charge in [-0.3, -0.25) is 0 Å². The normalized spacial score (nSPS) is 10.7. The highest BCUT2D eigenvalue weighted by molar-refractivity contribution is 6.28. The van der Waals surface area contributed by atoms with E-state index in [1.54, 1.807) is 0 Å². The average Bonchev–Trinajstić information content (AvgIpc) is 2.44. The molecule has 0 aliphatic carbocycles. The second-order valence-corrected chi connectivity index (χ2v) is 5.19. The molecule has 2 rings (SSSR count). The summed E-state index contributed by atoms with van der Waals surface area (Å²) in [6.45, 7) is 6.57. The van der Waals surface area contributed by atoms with Crippen LogP contribution >= 0.6 is 11.6 Å². The monoisotopic (exact) mass is 306 g/mol. The van der Waals surface area contributed by atoms with Crippen molar-refractivity contribution in [2.45, 2.75) is 39.8 Å². The topological polar surface area (TPSA) is 59.9 Å². The number of anilines is 1. The summed E-state index contributed by atoms with van der Waals surface area (Å²) in [5.41, 5.74) is 2.51. The van der Waals surface area contributed by atoms with E-state index in [2.05, 4.69) is 39.3 Å². The zero-order valence-electron chi connectivity index (χ0n) is 12.4. The van der Waals surface area contributed by atoms with Crippen LogP contribution in [0.5, 0.6) is 6.01 Å². The lowest BCUT2D eigenvalue weighted by atomic mass is 10.1. The molecule has 1 heterocycles. The highest BCUT2D eigenvalue weighted by Gasteiger charge is 2.08. The Bertz CT molecular complexity index is 604. The molecule has 1 aromatic carbocycles. The van der Waals surface area contributed by atoms with Crippen LogP contribution in [0, 0.1) is 0 Å². The van der Waals surface area contributed by atoms with Crippen LogP contribution in [-0.4, -0.2) is 21.1 Å². The van der Waals surface area contributed by atoms with Gasteiger partial charge in [-0.05, 0) is 43.0 Å². The second kappa shape index (κ2) is 7.22. The first-order valence-electron chi connectivity index (χ1n) is 6.97. The van der Waals surface area contributed by atoms with Gasteiger partial charge in [-0.15, -0.1) is 0 Å². The summed E-state index contributed by atoms with van der Waals surface area (Å²) in [6.07, 6.45) is 0.967. The molecule has 21 heavy (non-hydrogen) atoms. The van der Waals surface area contributed by atoms with Crippen LogP contribution in [-0.2, 0) is 13.0 Å². The van der Waals surface area contributed by atoms with Gasteiger partial charge in [0.05, 0.1) is 6.10 Å². The van der Waals surface area contributed by atoms with E-state index >= 15 is 0 Å². The average molecular weight is 307 g/mol. The van der Waals surface area contributed by atoms with Crippen LogP contribution in [0.1, 0.15) is 31.9 Å². The molecule has 0 radical (unpaired) electrons. The molecule has 0 aliphatic rings. The summed E-state index contributed by atoms with van der Waals surface area (Å²) in [5, 5.41) is 3.28. The van der Waals surface area contributed by atoms with Crippen LogP contribution in [0.15, 0.2) is 24.3 Å². The number of halogens is 1. The summed E-state index contributed by atoms with van der Waals surface area (Å²) < 4.78 is 5.45. The molecule has 0 saturated heterocycles. The van der Waals surface area contributed by atoms with E-state index in [0.717, 1.165) is 6.42 Å². The first-order valence-corrected chi connectivity index (χ1v) is 7.35. The maximum absolute atomic E-state index is 5.89. The third-order valence-electron chi connectivity index (χ3n) is 2.86. The van der Waals surface area contributed by atoms with E-state index in [9.17, 15) is 0 Å². The van der Waals surface area contributed by atoms with E-state index in [1.807, 2.05) is 26.0 Å². The fraction of sp³-hybridized carbons (Fsp3) is 0.400. The minimum atomic E-state index is -0.0165. The maximum atomic E-state index is 5.89. The first-order chi connectivity index (χ1) is 10.1. The number of nitrogens with zero attached hydrogens (tertiary/aromatic N) is 3. The molecule has 0 bridgehead atoms. The van der Waals surface area contributed by atoms with E-state index in [4.69, 9.17) is 16.3 Å². The number of hydrogen-bond acceptors (Lipinski definition) is 5. The molecule has 0 spiro atoms. The summed E-state index contributed by atoms with van der Waals surface area (Å²) in [7, 11) is 0. The van der Waals surface area contributed by atoms with E-state index in [0.29, 0.717) is 12.5 Å². The van der Waals surface area contributed by atoms with E-state index in [1.165, 1.54) is 11.1 Å². The van der Waals surface area contributed by atoms with E-state index < -0.39 is 0 Å². The molecule has 0 fully saturated rings. The smallest absolute Gasteiger partial charge is 0.322 e. The lowest BCUT2D eigenvalue weighted by Crippen LogP contribution is -2.12. The van der Waals surface area contributed by atoms with Crippen molar-refractivity contribution < 1.29 is 4.74 Å². The van der Waals surface area contributed by atoms with Crippen molar-refractivity contribution in [1.29, 1.82) is 0 Å². The number of benzene rings is 1. The van der Waals surface area contributed by atoms with Gasteiger partial charge in [-0.1, -0.05) is 31.2 Å². The van der Waals surface area contributed by atoms with Gasteiger partial charge in [0.1, 0.15) is 0 Å². The van der Waals surface area contributed by atoms with Gasteiger partial charge in [0, 0.05) is 6.54 Å². The van der Waals surface area contributed by atoms with Crippen molar-refractivity contribution in [2.24, 2.45) is 0 Å². The molecule has 0 saturated carbocycles. The molecule has 0 unspecified atom stereocenters. The molecule has 1 aromatic heterocycles. The van der Waals surface area contributed by atoms with Gasteiger partial charge < -0.3 is 10.1 Å². The lowest BCUT2D eigenvalue weighted by molar-refractivity contribution is 0.222. The van der Waals surface area contributed by atoms with Crippen molar-refractivity contribution in [3.63, 3.8) is 0 Å². The molecule has 2 aromatic rings. The number of aryl methyl sites for hydroxylation is 1. The van der Waals surface area contributed by atoms with Gasteiger partial charge >= 0.3 is 6.01 Å². The Kier molecular flexibility index (Phi) is 5.33. The first kappa shape index (κ1) is 15.5. The second-order valence-electron chi connectivity index (χ2n) is 4.85. The Hall–Kier alpha value is -1.88. The lowest BCUT2D eigenvalue weighted by Gasteiger charge is -2.11. The molecular formula is C15H19ClN4O. The number of rotatable bonds is 6. The standard InChI is InChI=1S/C15H19ClN4O/c1-4-11-7-5-6-8-12(11)9-17-14-18-13(16)19-15(20-14)21-10(2)3/h5-8,10H,4,9H2,1-3H3,(H,17,18,19,20). The fourth-order valence-electron chi connectivity index (χ4n) is 1.92. The summed E-state index contributed by atoms with van der Waals surface area (Å²) >= 11 is 5.89. The largest absolute Gasteiger partial charge is 0.461 e. The summed E-state index contributed by atoms with van der Waals surface area (Å²) in [6, 6.07) is 8.49. The van der Waals surface area contributed by atoms with Crippen LogP contribution in [0.4, 0.5) is 5.95 Å². The highest BCUT2D eigenvalue weighted by Crippen LogP contribution is 2.15. The van der Waals surface area contributed by atoms with Gasteiger partial charge in [0.15, 0.2) is 0 Å². The Morgan fingerprint density at radius 2 is 1.86 bits per heavy atom. The Labute approximate surface area is 129 Å². The quantitative estimate of drug-likeness (QED) is 0.885. The van der Waals surface area contributed by atoms with Crippen molar-refractivity contribution >= 4 is 17.5 Å². The zero-order chi connectivity index (χ0) is 15.2. The van der Waals surface area contributed by atoms with Crippen molar-refractivity contribution in [3.05, 3.63) is 40.7 Å². The summed E-state index contributed by atoms with van der Waals surface area (Å²) in [4.78, 5) is 12.2. The Morgan fingerprint density at radius 1 is 1.14 bits per heavy atom. The fourth-order valence-corrected chi connectivity index (χ4v) is 2.08. The Morgan fingerprint density at radius 3 is 2.52 bits per heavy atom. The van der Waals surface area contributed by atoms with Gasteiger partial charge in [-0.25, -0.2) is 0 Å². The van der Waals surface area contributed by atoms with Crippen LogP contribution in [0.25, 0.3) is 0 Å². The minimum absolute atomic E-state index is 0.0165. The Balaban J connectivity index is 2.10. The maximum Gasteiger partial charge on any atom is 0.322 e. The van der Waals surface area contributed by atoms with Crippen molar-refractivity contribution in [2.75, 3.05) is 5.32 Å². The van der Waals surface area contributed by atoms with Crippen molar-refractivity contribution in [3.8, 4) is 6.01 Å². The number of ether oxygens (including phenoxy) is 1. The van der Waals surface area contributed by atoms with Gasteiger partial charge in [0.2, 0.25) is 11.2 Å². The van der Waals surface area contributed by atoms with E-state index in [-0.39, 0.29) is 17.4 Å². The molecule has 112 valence electrons. The number of aromatic nitrogens is 3. The molecule has 0 amide bonds. The molecule has 6 heteroatoms. The highest BCUT2D eigenvalue weighted by atomic mass is 35.5. The van der Waals surface area contributed by atoms with Crippen LogP contribution in [0.3, 0.4) is 0 Å². The number of hydrogen-bond donors (Lipinski definition) is 1. The predicted molar refractivity (Wildman–Crippen MR) is 83.7 cm³/mol. The van der Waals surface area contributed by atoms with Gasteiger partial charge in [-0.2, -0.15) is 15.0 Å². The predicted octanol–water partition coefficient (Wildman–Crippen LogP) is 3.49. The molecule has 5 nitrogen and oxygen atoms in total. The zero-order valence-corrected chi connectivity index (χ0v) is 13.2. The van der Waals surface area contributed by atoms with Gasteiger partial charge in [0.25, 0.3) is 0 Å².